The fraction of sp³-hybridized carbons (Fsp3) is 0.286. The van der Waals surface area contributed by atoms with Crippen LogP contribution in [0.2, 0.25) is 5.15 Å². The van der Waals surface area contributed by atoms with Crippen LogP contribution in [0.1, 0.15) is 18.5 Å². The van der Waals surface area contributed by atoms with E-state index in [0.717, 1.165) is 0 Å². The molecule has 0 spiro atoms. The molecule has 0 unspecified atom stereocenters. The fourth-order valence-electron chi connectivity index (χ4n) is 0.685. The van der Waals surface area contributed by atoms with Gasteiger partial charge in [0.15, 0.2) is 11.0 Å². The van der Waals surface area contributed by atoms with E-state index < -0.39 is 5.82 Å². The van der Waals surface area contributed by atoms with Crippen LogP contribution in [0.25, 0.3) is 0 Å². The zero-order valence-corrected chi connectivity index (χ0v) is 7.99. The second kappa shape index (κ2) is 4.60. The van der Waals surface area contributed by atoms with Gasteiger partial charge in [-0.1, -0.05) is 11.6 Å². The smallest absolute Gasteiger partial charge is 0.164 e. The summed E-state index contributed by atoms with van der Waals surface area (Å²) in [6, 6.07) is 1.08. The first-order valence-electron chi connectivity index (χ1n) is 3.18. The van der Waals surface area contributed by atoms with Crippen LogP contribution in [-0.2, 0) is 0 Å². The molecule has 2 nitrogen and oxygen atoms in total. The molecular weight excluding hydrogens is 202 g/mol. The Bertz CT molecular complexity index is 266. The van der Waals surface area contributed by atoms with Gasteiger partial charge in [0, 0.05) is 12.2 Å². The molecular formula is C7H9Cl2FN2. The van der Waals surface area contributed by atoms with Gasteiger partial charge in [0.25, 0.3) is 0 Å². The predicted molar refractivity (Wildman–Crippen MR) is 49.1 cm³/mol. The quantitative estimate of drug-likeness (QED) is 0.724. The number of hydrogen-bond acceptors (Lipinski definition) is 2. The third-order valence-electron chi connectivity index (χ3n) is 1.34. The first-order valence-corrected chi connectivity index (χ1v) is 3.55. The molecule has 0 aliphatic rings. The zero-order valence-electron chi connectivity index (χ0n) is 6.42. The Kier molecular flexibility index (Phi) is 4.45. The fourth-order valence-corrected chi connectivity index (χ4v) is 0.788. The molecule has 0 radical (unpaired) electrons. The molecule has 0 aromatic carbocycles. The first kappa shape index (κ1) is 11.6. The van der Waals surface area contributed by atoms with Gasteiger partial charge in [-0.15, -0.1) is 12.4 Å². The standard InChI is InChI=1S/C7H8ClFN2.ClH/c1-4(10)5-2-6(9)7(8)11-3-5;/h2-4H,10H2,1H3;1H/t4-;/m0./s1. The highest BCUT2D eigenvalue weighted by Gasteiger charge is 2.04. The van der Waals surface area contributed by atoms with Gasteiger partial charge in [0.05, 0.1) is 0 Å². The number of nitrogens with zero attached hydrogens (tertiary/aromatic N) is 1. The van der Waals surface area contributed by atoms with Crippen LogP contribution in [0, 0.1) is 5.82 Å². The van der Waals surface area contributed by atoms with E-state index in [1.807, 2.05) is 0 Å². The summed E-state index contributed by atoms with van der Waals surface area (Å²) in [5.74, 6) is -0.526. The van der Waals surface area contributed by atoms with Crippen molar-refractivity contribution in [1.29, 1.82) is 0 Å². The van der Waals surface area contributed by atoms with Gasteiger partial charge in [-0.05, 0) is 18.6 Å². The van der Waals surface area contributed by atoms with Crippen molar-refractivity contribution in [1.82, 2.24) is 4.98 Å². The summed E-state index contributed by atoms with van der Waals surface area (Å²) in [6.07, 6.45) is 1.47. The number of aromatic nitrogens is 1. The molecule has 0 fully saturated rings. The maximum Gasteiger partial charge on any atom is 0.164 e. The number of pyridine rings is 1. The summed E-state index contributed by atoms with van der Waals surface area (Å²) >= 11 is 5.36. The van der Waals surface area contributed by atoms with E-state index in [4.69, 9.17) is 17.3 Å². The second-order valence-corrected chi connectivity index (χ2v) is 2.69. The number of rotatable bonds is 1. The SMILES string of the molecule is C[C@H](N)c1cnc(Cl)c(F)c1.Cl. The van der Waals surface area contributed by atoms with E-state index in [2.05, 4.69) is 4.98 Å². The highest BCUT2D eigenvalue weighted by atomic mass is 35.5. The van der Waals surface area contributed by atoms with E-state index in [1.165, 1.54) is 12.3 Å². The lowest BCUT2D eigenvalue weighted by Gasteiger charge is -2.04. The van der Waals surface area contributed by atoms with Crippen LogP contribution in [0.5, 0.6) is 0 Å². The Morgan fingerprint density at radius 2 is 2.25 bits per heavy atom. The van der Waals surface area contributed by atoms with Crippen molar-refractivity contribution in [3.8, 4) is 0 Å². The maximum atomic E-state index is 12.7. The minimum absolute atomic E-state index is 0. The normalized spacial score (nSPS) is 12.0. The van der Waals surface area contributed by atoms with Crippen LogP contribution in [0.3, 0.4) is 0 Å². The Balaban J connectivity index is 0.00000121. The van der Waals surface area contributed by atoms with Crippen molar-refractivity contribution in [2.45, 2.75) is 13.0 Å². The van der Waals surface area contributed by atoms with Crippen LogP contribution < -0.4 is 5.73 Å². The van der Waals surface area contributed by atoms with Crippen LogP contribution in [-0.4, -0.2) is 4.98 Å². The minimum Gasteiger partial charge on any atom is -0.324 e. The molecule has 1 aromatic rings. The monoisotopic (exact) mass is 210 g/mol. The summed E-state index contributed by atoms with van der Waals surface area (Å²) in [6.45, 7) is 1.75. The zero-order chi connectivity index (χ0) is 8.43. The van der Waals surface area contributed by atoms with Crippen LogP contribution in [0.15, 0.2) is 12.3 Å². The van der Waals surface area contributed by atoms with Gasteiger partial charge >= 0.3 is 0 Å². The van der Waals surface area contributed by atoms with Crippen molar-refractivity contribution in [2.75, 3.05) is 0 Å². The van der Waals surface area contributed by atoms with Crippen molar-refractivity contribution >= 4 is 24.0 Å². The van der Waals surface area contributed by atoms with Crippen molar-refractivity contribution < 1.29 is 4.39 Å². The molecule has 0 amide bonds. The van der Waals surface area contributed by atoms with E-state index in [9.17, 15) is 4.39 Å². The van der Waals surface area contributed by atoms with Crippen molar-refractivity contribution in [3.05, 3.63) is 28.8 Å². The molecule has 0 aliphatic heterocycles. The lowest BCUT2D eigenvalue weighted by Crippen LogP contribution is -2.05. The summed E-state index contributed by atoms with van der Waals surface area (Å²) in [4.78, 5) is 3.61. The molecule has 0 saturated heterocycles. The molecule has 68 valence electrons. The molecule has 0 bridgehead atoms. The largest absolute Gasteiger partial charge is 0.324 e. The van der Waals surface area contributed by atoms with Gasteiger partial charge in [-0.25, -0.2) is 9.37 Å². The Morgan fingerprint density at radius 3 is 2.67 bits per heavy atom. The molecule has 2 N–H and O–H groups in total. The Labute approximate surface area is 81.3 Å². The molecule has 5 heteroatoms. The van der Waals surface area contributed by atoms with Gasteiger partial charge in [0.1, 0.15) is 0 Å². The lowest BCUT2D eigenvalue weighted by atomic mass is 10.2. The van der Waals surface area contributed by atoms with Gasteiger partial charge < -0.3 is 5.73 Å². The van der Waals surface area contributed by atoms with Crippen molar-refractivity contribution in [3.63, 3.8) is 0 Å². The van der Waals surface area contributed by atoms with E-state index in [1.54, 1.807) is 6.92 Å². The van der Waals surface area contributed by atoms with E-state index in [0.29, 0.717) is 5.56 Å². The number of nitrogens with two attached hydrogens (primary N) is 1. The first-order chi connectivity index (χ1) is 5.11. The average molecular weight is 211 g/mol. The topological polar surface area (TPSA) is 38.9 Å². The molecule has 12 heavy (non-hydrogen) atoms. The molecule has 0 aliphatic carbocycles. The number of hydrogen-bond donors (Lipinski definition) is 1. The summed E-state index contributed by atoms with van der Waals surface area (Å²) < 4.78 is 12.7. The van der Waals surface area contributed by atoms with Gasteiger partial charge in [0.2, 0.25) is 0 Å². The second-order valence-electron chi connectivity index (χ2n) is 2.33. The minimum atomic E-state index is -0.526. The average Bonchev–Trinajstić information content (AvgIpc) is 1.94. The van der Waals surface area contributed by atoms with Crippen LogP contribution in [0.4, 0.5) is 4.39 Å². The highest BCUT2D eigenvalue weighted by molar-refractivity contribution is 6.29. The van der Waals surface area contributed by atoms with Gasteiger partial charge in [-0.3, -0.25) is 0 Å². The highest BCUT2D eigenvalue weighted by Crippen LogP contribution is 2.15. The molecule has 1 atom stereocenters. The van der Waals surface area contributed by atoms with Crippen LogP contribution >= 0.6 is 24.0 Å². The maximum absolute atomic E-state index is 12.7. The third kappa shape index (κ3) is 2.59. The Hall–Kier alpha value is -0.380. The third-order valence-corrected chi connectivity index (χ3v) is 1.62. The molecule has 1 heterocycles. The molecule has 1 aromatic heterocycles. The van der Waals surface area contributed by atoms with Gasteiger partial charge in [-0.2, -0.15) is 0 Å². The lowest BCUT2D eigenvalue weighted by molar-refractivity contribution is 0.615. The van der Waals surface area contributed by atoms with E-state index in [-0.39, 0.29) is 23.6 Å². The molecule has 1 rings (SSSR count). The predicted octanol–water partition coefficient (Wildman–Crippen LogP) is 2.32. The Morgan fingerprint density at radius 1 is 1.67 bits per heavy atom. The van der Waals surface area contributed by atoms with Crippen molar-refractivity contribution in [2.24, 2.45) is 5.73 Å². The summed E-state index contributed by atoms with van der Waals surface area (Å²) in [5.41, 5.74) is 6.13. The van der Waals surface area contributed by atoms with E-state index >= 15 is 0 Å². The molecule has 0 saturated carbocycles. The summed E-state index contributed by atoms with van der Waals surface area (Å²) in [5, 5.41) is -0.116. The number of halogens is 3. The summed E-state index contributed by atoms with van der Waals surface area (Å²) in [7, 11) is 0.